The second-order valence-electron chi connectivity index (χ2n) is 4.05. The molecule has 2 aliphatic rings. The Labute approximate surface area is 73.0 Å². The van der Waals surface area contributed by atoms with Crippen molar-refractivity contribution in [2.45, 2.75) is 37.3 Å². The highest BCUT2D eigenvalue weighted by Crippen LogP contribution is 2.41. The molecule has 12 heavy (non-hydrogen) atoms. The zero-order valence-corrected chi connectivity index (χ0v) is 7.37. The van der Waals surface area contributed by atoms with Gasteiger partial charge in [-0.25, -0.2) is 0 Å². The standard InChI is InChI=1S/C9H17NO2/c11-6-8-2-4-9(7-12)3-1-5-10(8)9/h8,11-12H,1-7H2/t8-,9+/m1/s1. The number of hydrogen-bond donors (Lipinski definition) is 2. The van der Waals surface area contributed by atoms with Crippen molar-refractivity contribution in [3.63, 3.8) is 0 Å². The number of aliphatic hydroxyl groups excluding tert-OH is 2. The van der Waals surface area contributed by atoms with E-state index in [-0.39, 0.29) is 18.8 Å². The van der Waals surface area contributed by atoms with Gasteiger partial charge in [-0.05, 0) is 32.2 Å². The highest BCUT2D eigenvalue weighted by Gasteiger charge is 2.48. The molecule has 0 radical (unpaired) electrons. The van der Waals surface area contributed by atoms with Crippen LogP contribution in [0, 0.1) is 0 Å². The Hall–Kier alpha value is -0.120. The van der Waals surface area contributed by atoms with Crippen LogP contribution in [0.1, 0.15) is 25.7 Å². The number of nitrogens with zero attached hydrogens (tertiary/aromatic N) is 1. The van der Waals surface area contributed by atoms with Crippen LogP contribution < -0.4 is 0 Å². The first-order valence-corrected chi connectivity index (χ1v) is 4.81. The van der Waals surface area contributed by atoms with Crippen molar-refractivity contribution in [3.05, 3.63) is 0 Å². The molecular weight excluding hydrogens is 154 g/mol. The van der Waals surface area contributed by atoms with Gasteiger partial charge in [0.2, 0.25) is 0 Å². The van der Waals surface area contributed by atoms with Gasteiger partial charge in [-0.1, -0.05) is 0 Å². The van der Waals surface area contributed by atoms with E-state index in [1.165, 1.54) is 6.42 Å². The average Bonchev–Trinajstić information content (AvgIpc) is 2.61. The third kappa shape index (κ3) is 1.00. The zero-order valence-electron chi connectivity index (χ0n) is 7.37. The quantitative estimate of drug-likeness (QED) is 0.613. The lowest BCUT2D eigenvalue weighted by Gasteiger charge is -2.32. The van der Waals surface area contributed by atoms with Gasteiger partial charge in [0.05, 0.1) is 13.2 Å². The van der Waals surface area contributed by atoms with E-state index < -0.39 is 0 Å². The summed E-state index contributed by atoms with van der Waals surface area (Å²) in [6.07, 6.45) is 4.41. The second kappa shape index (κ2) is 2.98. The molecule has 0 unspecified atom stereocenters. The lowest BCUT2D eigenvalue weighted by Crippen LogP contribution is -2.46. The summed E-state index contributed by atoms with van der Waals surface area (Å²) >= 11 is 0. The van der Waals surface area contributed by atoms with Crippen LogP contribution in [-0.2, 0) is 0 Å². The van der Waals surface area contributed by atoms with Crippen LogP contribution in [0.15, 0.2) is 0 Å². The molecule has 0 bridgehead atoms. The summed E-state index contributed by atoms with van der Waals surface area (Å²) in [5, 5.41) is 18.4. The predicted octanol–water partition coefficient (Wildman–Crippen LogP) is -0.0320. The zero-order chi connectivity index (χ0) is 8.60. The summed E-state index contributed by atoms with van der Waals surface area (Å²) < 4.78 is 0. The van der Waals surface area contributed by atoms with Crippen molar-refractivity contribution >= 4 is 0 Å². The average molecular weight is 171 g/mol. The van der Waals surface area contributed by atoms with Gasteiger partial charge < -0.3 is 10.2 Å². The van der Waals surface area contributed by atoms with Crippen LogP contribution in [-0.4, -0.2) is 46.5 Å². The first-order chi connectivity index (χ1) is 5.82. The van der Waals surface area contributed by atoms with E-state index in [9.17, 15) is 5.11 Å². The van der Waals surface area contributed by atoms with E-state index in [0.29, 0.717) is 6.04 Å². The summed E-state index contributed by atoms with van der Waals surface area (Å²) in [5.74, 6) is 0. The molecular formula is C9H17NO2. The molecule has 2 atom stereocenters. The summed E-state index contributed by atoms with van der Waals surface area (Å²) in [6.45, 7) is 1.58. The fourth-order valence-electron chi connectivity index (χ4n) is 2.83. The van der Waals surface area contributed by atoms with E-state index >= 15 is 0 Å². The molecule has 2 saturated heterocycles. The minimum Gasteiger partial charge on any atom is -0.395 e. The highest BCUT2D eigenvalue weighted by molar-refractivity contribution is 5.03. The van der Waals surface area contributed by atoms with E-state index in [2.05, 4.69) is 4.90 Å². The lowest BCUT2D eigenvalue weighted by molar-refractivity contribution is 0.0590. The molecule has 2 fully saturated rings. The fraction of sp³-hybridized carbons (Fsp3) is 1.00. The number of fused-ring (bicyclic) bond motifs is 1. The van der Waals surface area contributed by atoms with Crippen LogP contribution in [0.25, 0.3) is 0 Å². The van der Waals surface area contributed by atoms with Gasteiger partial charge in [0, 0.05) is 11.6 Å². The fourth-order valence-corrected chi connectivity index (χ4v) is 2.83. The van der Waals surface area contributed by atoms with Crippen LogP contribution in [0.2, 0.25) is 0 Å². The largest absolute Gasteiger partial charge is 0.395 e. The third-order valence-corrected chi connectivity index (χ3v) is 3.54. The van der Waals surface area contributed by atoms with Crippen LogP contribution in [0.3, 0.4) is 0 Å². The molecule has 3 nitrogen and oxygen atoms in total. The van der Waals surface area contributed by atoms with Crippen LogP contribution >= 0.6 is 0 Å². The molecule has 3 heteroatoms. The van der Waals surface area contributed by atoms with E-state index in [4.69, 9.17) is 5.11 Å². The van der Waals surface area contributed by atoms with Crippen LogP contribution in [0.4, 0.5) is 0 Å². The first-order valence-electron chi connectivity index (χ1n) is 4.81. The van der Waals surface area contributed by atoms with Crippen molar-refractivity contribution in [2.75, 3.05) is 19.8 Å². The van der Waals surface area contributed by atoms with Gasteiger partial charge >= 0.3 is 0 Å². The summed E-state index contributed by atoms with van der Waals surface area (Å²) in [7, 11) is 0. The third-order valence-electron chi connectivity index (χ3n) is 3.54. The predicted molar refractivity (Wildman–Crippen MR) is 45.9 cm³/mol. The van der Waals surface area contributed by atoms with Crippen molar-refractivity contribution in [1.82, 2.24) is 4.90 Å². The van der Waals surface area contributed by atoms with Gasteiger partial charge in [0.15, 0.2) is 0 Å². The Morgan fingerprint density at radius 1 is 1.33 bits per heavy atom. The maximum Gasteiger partial charge on any atom is 0.0615 e. The number of aliphatic hydroxyl groups is 2. The number of rotatable bonds is 2. The van der Waals surface area contributed by atoms with E-state index in [1.807, 2.05) is 0 Å². The molecule has 0 spiro atoms. The molecule has 0 aromatic carbocycles. The summed E-state index contributed by atoms with van der Waals surface area (Å²) in [5.41, 5.74) is 0.0490. The Balaban J connectivity index is 2.14. The molecule has 70 valence electrons. The second-order valence-corrected chi connectivity index (χ2v) is 4.05. The summed E-state index contributed by atoms with van der Waals surface area (Å²) in [6, 6.07) is 0.319. The molecule has 2 rings (SSSR count). The minimum atomic E-state index is 0.0490. The first kappa shape index (κ1) is 8.48. The van der Waals surface area contributed by atoms with Crippen molar-refractivity contribution in [2.24, 2.45) is 0 Å². The SMILES string of the molecule is OC[C@H]1CC[C@]2(CO)CCCN12. The van der Waals surface area contributed by atoms with Crippen molar-refractivity contribution < 1.29 is 10.2 Å². The molecule has 0 amide bonds. The van der Waals surface area contributed by atoms with Crippen molar-refractivity contribution in [3.8, 4) is 0 Å². The van der Waals surface area contributed by atoms with Gasteiger partial charge in [-0.2, -0.15) is 0 Å². The normalized spacial score (nSPS) is 42.0. The topological polar surface area (TPSA) is 43.7 Å². The van der Waals surface area contributed by atoms with E-state index in [0.717, 1.165) is 25.8 Å². The molecule has 2 aliphatic heterocycles. The van der Waals surface area contributed by atoms with E-state index in [1.54, 1.807) is 0 Å². The van der Waals surface area contributed by atoms with Crippen LogP contribution in [0.5, 0.6) is 0 Å². The monoisotopic (exact) mass is 171 g/mol. The Kier molecular flexibility index (Phi) is 2.10. The molecule has 0 saturated carbocycles. The summed E-state index contributed by atoms with van der Waals surface area (Å²) in [4.78, 5) is 2.31. The Morgan fingerprint density at radius 3 is 2.83 bits per heavy atom. The Bertz CT molecular complexity index is 174. The minimum absolute atomic E-state index is 0.0490. The maximum atomic E-state index is 9.32. The smallest absolute Gasteiger partial charge is 0.0615 e. The molecule has 0 aromatic rings. The van der Waals surface area contributed by atoms with Crippen molar-refractivity contribution in [1.29, 1.82) is 0 Å². The van der Waals surface area contributed by atoms with Gasteiger partial charge in [0.25, 0.3) is 0 Å². The number of hydrogen-bond acceptors (Lipinski definition) is 3. The Morgan fingerprint density at radius 2 is 2.17 bits per heavy atom. The molecule has 2 N–H and O–H groups in total. The van der Waals surface area contributed by atoms with Gasteiger partial charge in [-0.15, -0.1) is 0 Å². The maximum absolute atomic E-state index is 9.32. The van der Waals surface area contributed by atoms with Gasteiger partial charge in [0.1, 0.15) is 0 Å². The van der Waals surface area contributed by atoms with Gasteiger partial charge in [-0.3, -0.25) is 4.90 Å². The molecule has 0 aliphatic carbocycles. The lowest BCUT2D eigenvalue weighted by atomic mass is 9.95. The molecule has 2 heterocycles. The highest BCUT2D eigenvalue weighted by atomic mass is 16.3. The molecule has 0 aromatic heterocycles.